The molecule has 20 heavy (non-hydrogen) atoms. The Morgan fingerprint density at radius 1 is 1.15 bits per heavy atom. The van der Waals surface area contributed by atoms with E-state index in [2.05, 4.69) is 5.32 Å². The number of nitrogens with zero attached hydrogens (tertiary/aromatic N) is 1. The third-order valence-electron chi connectivity index (χ3n) is 3.42. The highest BCUT2D eigenvalue weighted by atomic mass is 16.7. The lowest BCUT2D eigenvalue weighted by atomic mass is 9.81. The fourth-order valence-corrected chi connectivity index (χ4v) is 2.43. The van der Waals surface area contributed by atoms with Crippen LogP contribution < -0.4 is 5.32 Å². The van der Waals surface area contributed by atoms with Gasteiger partial charge in [-0.25, -0.2) is 9.86 Å². The molecule has 1 aliphatic rings. The summed E-state index contributed by atoms with van der Waals surface area (Å²) in [6, 6.07) is 0. The highest BCUT2D eigenvalue weighted by molar-refractivity contribution is 5.89. The fraction of sp³-hybridized carbons (Fsp3) is 0.857. The van der Waals surface area contributed by atoms with Gasteiger partial charge in [0.1, 0.15) is 11.1 Å². The molecule has 0 atom stereocenters. The molecule has 0 radical (unpaired) electrons. The number of carbonyl (C=O) groups excluding carboxylic acids is 2. The maximum absolute atomic E-state index is 12.5. The molecular formula is C14H26N2O4. The first-order chi connectivity index (χ1) is 9.20. The molecule has 1 aliphatic carbocycles. The zero-order valence-electron chi connectivity index (χ0n) is 13.1. The zero-order valence-corrected chi connectivity index (χ0v) is 13.1. The largest absolute Gasteiger partial charge is 0.444 e. The number of hydrogen-bond donors (Lipinski definition) is 1. The van der Waals surface area contributed by atoms with Gasteiger partial charge < -0.3 is 10.1 Å². The maximum atomic E-state index is 12.5. The molecule has 0 aromatic rings. The summed E-state index contributed by atoms with van der Waals surface area (Å²) in [6.07, 6.45) is 3.54. The molecule has 1 rings (SSSR count). The number of carbonyl (C=O) groups is 2. The summed E-state index contributed by atoms with van der Waals surface area (Å²) in [7, 11) is 2.98. The number of hydroxylamine groups is 2. The van der Waals surface area contributed by atoms with Gasteiger partial charge in [-0.2, -0.15) is 0 Å². The summed E-state index contributed by atoms with van der Waals surface area (Å²) in [5, 5.41) is 3.94. The Morgan fingerprint density at radius 3 is 2.15 bits per heavy atom. The van der Waals surface area contributed by atoms with Gasteiger partial charge in [0.15, 0.2) is 0 Å². The predicted molar refractivity (Wildman–Crippen MR) is 75.0 cm³/mol. The van der Waals surface area contributed by atoms with Crippen molar-refractivity contribution in [2.75, 3.05) is 14.2 Å². The van der Waals surface area contributed by atoms with Crippen molar-refractivity contribution in [1.82, 2.24) is 10.4 Å². The Labute approximate surface area is 120 Å². The number of amides is 2. The van der Waals surface area contributed by atoms with Crippen LogP contribution in [0.5, 0.6) is 0 Å². The van der Waals surface area contributed by atoms with Crippen molar-refractivity contribution >= 4 is 12.0 Å². The van der Waals surface area contributed by atoms with E-state index in [4.69, 9.17) is 9.57 Å². The van der Waals surface area contributed by atoms with E-state index in [0.29, 0.717) is 12.8 Å². The van der Waals surface area contributed by atoms with Crippen LogP contribution in [0, 0.1) is 0 Å². The highest BCUT2D eigenvalue weighted by Crippen LogP contribution is 2.30. The average Bonchev–Trinajstić information content (AvgIpc) is 2.35. The van der Waals surface area contributed by atoms with E-state index in [-0.39, 0.29) is 5.91 Å². The normalized spacial score (nSPS) is 18.2. The molecule has 0 bridgehead atoms. The summed E-state index contributed by atoms with van der Waals surface area (Å²) in [5.74, 6) is -0.231. The van der Waals surface area contributed by atoms with Gasteiger partial charge in [-0.1, -0.05) is 19.3 Å². The summed E-state index contributed by atoms with van der Waals surface area (Å²) < 4.78 is 5.27. The van der Waals surface area contributed by atoms with Crippen molar-refractivity contribution in [3.8, 4) is 0 Å². The van der Waals surface area contributed by atoms with Gasteiger partial charge in [-0.05, 0) is 33.6 Å². The van der Waals surface area contributed by atoms with Crippen LogP contribution in [0.2, 0.25) is 0 Å². The molecule has 6 heteroatoms. The van der Waals surface area contributed by atoms with E-state index in [1.807, 2.05) is 0 Å². The maximum Gasteiger partial charge on any atom is 0.408 e. The van der Waals surface area contributed by atoms with Gasteiger partial charge in [0.05, 0.1) is 7.11 Å². The van der Waals surface area contributed by atoms with E-state index >= 15 is 0 Å². The Balaban J connectivity index is 2.84. The third kappa shape index (κ3) is 4.37. The van der Waals surface area contributed by atoms with Crippen LogP contribution in [0.15, 0.2) is 0 Å². The number of hydrogen-bond acceptors (Lipinski definition) is 4. The average molecular weight is 286 g/mol. The number of rotatable bonds is 3. The lowest BCUT2D eigenvalue weighted by molar-refractivity contribution is -0.177. The van der Waals surface area contributed by atoms with E-state index in [0.717, 1.165) is 19.3 Å². The minimum absolute atomic E-state index is 0.231. The highest BCUT2D eigenvalue weighted by Gasteiger charge is 2.43. The van der Waals surface area contributed by atoms with Crippen LogP contribution >= 0.6 is 0 Å². The molecule has 6 nitrogen and oxygen atoms in total. The second kappa shape index (κ2) is 6.43. The smallest absolute Gasteiger partial charge is 0.408 e. The van der Waals surface area contributed by atoms with Crippen LogP contribution in [-0.2, 0) is 14.4 Å². The van der Waals surface area contributed by atoms with Gasteiger partial charge in [-0.15, -0.1) is 0 Å². The zero-order chi connectivity index (χ0) is 15.4. The first-order valence-corrected chi connectivity index (χ1v) is 7.04. The van der Waals surface area contributed by atoms with Crippen LogP contribution in [0.4, 0.5) is 4.79 Å². The molecule has 0 heterocycles. The summed E-state index contributed by atoms with van der Waals surface area (Å²) in [5.41, 5.74) is -1.50. The van der Waals surface area contributed by atoms with Gasteiger partial charge >= 0.3 is 6.09 Å². The van der Waals surface area contributed by atoms with Gasteiger partial charge in [-0.3, -0.25) is 9.63 Å². The molecular weight excluding hydrogens is 260 g/mol. The molecule has 2 amide bonds. The van der Waals surface area contributed by atoms with Gasteiger partial charge in [0, 0.05) is 7.05 Å². The van der Waals surface area contributed by atoms with Crippen molar-refractivity contribution in [3.05, 3.63) is 0 Å². The molecule has 1 N–H and O–H groups in total. The predicted octanol–water partition coefficient (Wildman–Crippen LogP) is 2.23. The van der Waals surface area contributed by atoms with Crippen LogP contribution in [-0.4, -0.2) is 42.4 Å². The molecule has 116 valence electrons. The van der Waals surface area contributed by atoms with Crippen molar-refractivity contribution in [2.24, 2.45) is 0 Å². The monoisotopic (exact) mass is 286 g/mol. The lowest BCUT2D eigenvalue weighted by Crippen LogP contribution is -2.60. The molecule has 0 aromatic carbocycles. The summed E-state index contributed by atoms with van der Waals surface area (Å²) >= 11 is 0. The van der Waals surface area contributed by atoms with E-state index in [9.17, 15) is 9.59 Å². The quantitative estimate of drug-likeness (QED) is 0.808. The molecule has 0 aliphatic heterocycles. The Kier molecular flexibility index (Phi) is 5.39. The van der Waals surface area contributed by atoms with E-state index < -0.39 is 17.2 Å². The SMILES string of the molecule is CON(C)C(=O)C1(NC(=O)OC(C)(C)C)CCCCC1. The van der Waals surface area contributed by atoms with Crippen molar-refractivity contribution in [2.45, 2.75) is 64.0 Å². The Bertz CT molecular complexity index is 357. The number of nitrogens with one attached hydrogen (secondary N) is 1. The van der Waals surface area contributed by atoms with E-state index in [1.165, 1.54) is 12.2 Å². The molecule has 0 unspecified atom stereocenters. The van der Waals surface area contributed by atoms with Crippen LogP contribution in [0.25, 0.3) is 0 Å². The topological polar surface area (TPSA) is 67.9 Å². The second-order valence-corrected chi connectivity index (χ2v) is 6.25. The van der Waals surface area contributed by atoms with Crippen molar-refractivity contribution < 1.29 is 19.2 Å². The summed E-state index contributed by atoms with van der Waals surface area (Å²) in [4.78, 5) is 29.4. The lowest BCUT2D eigenvalue weighted by Gasteiger charge is -2.38. The minimum atomic E-state index is -0.911. The Hall–Kier alpha value is -1.30. The third-order valence-corrected chi connectivity index (χ3v) is 3.42. The minimum Gasteiger partial charge on any atom is -0.444 e. The number of ether oxygens (including phenoxy) is 1. The Morgan fingerprint density at radius 2 is 1.70 bits per heavy atom. The van der Waals surface area contributed by atoms with Crippen LogP contribution in [0.1, 0.15) is 52.9 Å². The van der Waals surface area contributed by atoms with E-state index in [1.54, 1.807) is 27.8 Å². The van der Waals surface area contributed by atoms with Crippen LogP contribution in [0.3, 0.4) is 0 Å². The number of likely N-dealkylation sites (N-methyl/N-ethyl adjacent to an activating group) is 1. The van der Waals surface area contributed by atoms with Crippen molar-refractivity contribution in [1.29, 1.82) is 0 Å². The molecule has 0 spiro atoms. The second-order valence-electron chi connectivity index (χ2n) is 6.25. The first-order valence-electron chi connectivity index (χ1n) is 7.04. The standard InChI is InChI=1S/C14H26N2O4/c1-13(2,3)20-12(18)15-14(9-7-6-8-10-14)11(17)16(4)19-5/h6-10H2,1-5H3,(H,15,18). The number of alkyl carbamates (subject to hydrolysis) is 1. The van der Waals surface area contributed by atoms with Crippen molar-refractivity contribution in [3.63, 3.8) is 0 Å². The first kappa shape index (κ1) is 16.8. The molecule has 1 saturated carbocycles. The summed E-state index contributed by atoms with van der Waals surface area (Å²) in [6.45, 7) is 5.38. The molecule has 0 saturated heterocycles. The molecule has 0 aromatic heterocycles. The fourth-order valence-electron chi connectivity index (χ4n) is 2.43. The molecule has 1 fully saturated rings. The van der Waals surface area contributed by atoms with Gasteiger partial charge in [0.25, 0.3) is 5.91 Å². The van der Waals surface area contributed by atoms with Gasteiger partial charge in [0.2, 0.25) is 0 Å².